The first kappa shape index (κ1) is 18.7. The van der Waals surface area contributed by atoms with Gasteiger partial charge in [0.25, 0.3) is 0 Å². The van der Waals surface area contributed by atoms with Crippen LogP contribution in [0.5, 0.6) is 5.75 Å². The van der Waals surface area contributed by atoms with E-state index in [4.69, 9.17) is 16.3 Å². The quantitative estimate of drug-likeness (QED) is 0.839. The summed E-state index contributed by atoms with van der Waals surface area (Å²) in [6.45, 7) is 4.58. The first-order valence-electron chi connectivity index (χ1n) is 8.97. The standard InChI is InChI=1S/C21H25ClN2O2/c1-15-8-9-20(26-2)19(11-15)23-21(25)17-6-4-10-24(14-17)13-16-5-3-7-18(22)12-16/h3,5,7-9,11-12,17H,4,6,10,13-14H2,1-2H3,(H,23,25). The van der Waals surface area contributed by atoms with Gasteiger partial charge in [-0.25, -0.2) is 0 Å². The van der Waals surface area contributed by atoms with Crippen molar-refractivity contribution < 1.29 is 9.53 Å². The molecule has 0 radical (unpaired) electrons. The predicted octanol–water partition coefficient (Wildman–Crippen LogP) is 4.51. The van der Waals surface area contributed by atoms with Crippen LogP contribution in [0.15, 0.2) is 42.5 Å². The van der Waals surface area contributed by atoms with E-state index in [0.29, 0.717) is 5.75 Å². The molecule has 2 aromatic carbocycles. The number of benzene rings is 2. The molecule has 1 saturated heterocycles. The highest BCUT2D eigenvalue weighted by atomic mass is 35.5. The van der Waals surface area contributed by atoms with Gasteiger partial charge in [0.1, 0.15) is 5.75 Å². The Kier molecular flexibility index (Phi) is 6.17. The molecule has 0 bridgehead atoms. The van der Waals surface area contributed by atoms with E-state index < -0.39 is 0 Å². The van der Waals surface area contributed by atoms with E-state index in [1.807, 2.05) is 43.3 Å². The van der Waals surface area contributed by atoms with Crippen molar-refractivity contribution in [2.75, 3.05) is 25.5 Å². The number of halogens is 1. The van der Waals surface area contributed by atoms with E-state index >= 15 is 0 Å². The highest BCUT2D eigenvalue weighted by Gasteiger charge is 2.26. The molecule has 1 amide bonds. The molecular weight excluding hydrogens is 348 g/mol. The maximum absolute atomic E-state index is 12.8. The minimum atomic E-state index is -0.0202. The Bertz CT molecular complexity index is 778. The monoisotopic (exact) mass is 372 g/mol. The van der Waals surface area contributed by atoms with E-state index in [-0.39, 0.29) is 11.8 Å². The Morgan fingerprint density at radius 3 is 2.92 bits per heavy atom. The Labute approximate surface area is 160 Å². The molecule has 0 saturated carbocycles. The number of hydrogen-bond donors (Lipinski definition) is 1. The average Bonchev–Trinajstić information content (AvgIpc) is 2.62. The van der Waals surface area contributed by atoms with Gasteiger partial charge in [0.2, 0.25) is 5.91 Å². The number of piperidine rings is 1. The molecule has 3 rings (SSSR count). The van der Waals surface area contributed by atoms with Crippen LogP contribution in [0.4, 0.5) is 5.69 Å². The summed E-state index contributed by atoms with van der Waals surface area (Å²) in [7, 11) is 1.62. The fraction of sp³-hybridized carbons (Fsp3) is 0.381. The van der Waals surface area contributed by atoms with Gasteiger partial charge in [-0.3, -0.25) is 9.69 Å². The lowest BCUT2D eigenvalue weighted by molar-refractivity contribution is -0.121. The summed E-state index contributed by atoms with van der Waals surface area (Å²) in [4.78, 5) is 15.1. The third-order valence-corrected chi connectivity index (χ3v) is 5.02. The summed E-state index contributed by atoms with van der Waals surface area (Å²) in [5.41, 5.74) is 3.01. The third-order valence-electron chi connectivity index (χ3n) is 4.78. The zero-order valence-electron chi connectivity index (χ0n) is 15.3. The van der Waals surface area contributed by atoms with Crippen molar-refractivity contribution in [3.63, 3.8) is 0 Å². The van der Waals surface area contributed by atoms with Crippen molar-refractivity contribution in [3.05, 3.63) is 58.6 Å². The number of methoxy groups -OCH3 is 1. The minimum absolute atomic E-state index is 0.0202. The van der Waals surface area contributed by atoms with Crippen LogP contribution in [-0.4, -0.2) is 31.0 Å². The number of nitrogens with zero attached hydrogens (tertiary/aromatic N) is 1. The molecule has 1 atom stereocenters. The smallest absolute Gasteiger partial charge is 0.228 e. The van der Waals surface area contributed by atoms with Gasteiger partial charge in [-0.1, -0.05) is 29.8 Å². The van der Waals surface area contributed by atoms with Gasteiger partial charge in [0.15, 0.2) is 0 Å². The molecule has 4 nitrogen and oxygen atoms in total. The number of nitrogens with one attached hydrogen (secondary N) is 1. The molecule has 0 spiro atoms. The molecule has 5 heteroatoms. The largest absolute Gasteiger partial charge is 0.495 e. The third kappa shape index (κ3) is 4.77. The SMILES string of the molecule is COc1ccc(C)cc1NC(=O)C1CCCN(Cc2cccc(Cl)c2)C1. The van der Waals surface area contributed by atoms with Crippen molar-refractivity contribution >= 4 is 23.2 Å². The topological polar surface area (TPSA) is 41.6 Å². The van der Waals surface area contributed by atoms with Crippen LogP contribution in [0.1, 0.15) is 24.0 Å². The van der Waals surface area contributed by atoms with E-state index in [0.717, 1.165) is 48.7 Å². The summed E-state index contributed by atoms with van der Waals surface area (Å²) in [5, 5.41) is 3.80. The molecule has 1 aliphatic heterocycles. The van der Waals surface area contributed by atoms with Gasteiger partial charge in [0.05, 0.1) is 18.7 Å². The van der Waals surface area contributed by atoms with Gasteiger partial charge < -0.3 is 10.1 Å². The van der Waals surface area contributed by atoms with Crippen molar-refractivity contribution in [3.8, 4) is 5.75 Å². The molecule has 138 valence electrons. The molecule has 0 aromatic heterocycles. The fourth-order valence-corrected chi connectivity index (χ4v) is 3.67. The van der Waals surface area contributed by atoms with Crippen molar-refractivity contribution in [2.45, 2.75) is 26.3 Å². The Balaban J connectivity index is 1.64. The highest BCUT2D eigenvalue weighted by molar-refractivity contribution is 6.30. The van der Waals surface area contributed by atoms with Crippen LogP contribution in [-0.2, 0) is 11.3 Å². The lowest BCUT2D eigenvalue weighted by Gasteiger charge is -2.32. The fourth-order valence-electron chi connectivity index (χ4n) is 3.46. The van der Waals surface area contributed by atoms with E-state index in [9.17, 15) is 4.79 Å². The number of carbonyl (C=O) groups excluding carboxylic acids is 1. The Hall–Kier alpha value is -2.04. The van der Waals surface area contributed by atoms with Crippen molar-refractivity contribution in [2.24, 2.45) is 5.92 Å². The minimum Gasteiger partial charge on any atom is -0.495 e. The molecule has 1 aliphatic rings. The molecule has 26 heavy (non-hydrogen) atoms. The molecular formula is C21H25ClN2O2. The number of amides is 1. The maximum Gasteiger partial charge on any atom is 0.228 e. The number of hydrogen-bond acceptors (Lipinski definition) is 3. The second-order valence-corrected chi connectivity index (χ2v) is 7.33. The second-order valence-electron chi connectivity index (χ2n) is 6.90. The highest BCUT2D eigenvalue weighted by Crippen LogP contribution is 2.27. The van der Waals surface area contributed by atoms with Crippen LogP contribution in [0.2, 0.25) is 5.02 Å². The summed E-state index contributed by atoms with van der Waals surface area (Å²) >= 11 is 6.08. The zero-order chi connectivity index (χ0) is 18.5. The number of carbonyl (C=O) groups is 1. The van der Waals surface area contributed by atoms with Crippen LogP contribution >= 0.6 is 11.6 Å². The predicted molar refractivity (Wildman–Crippen MR) is 106 cm³/mol. The number of anilines is 1. The number of ether oxygens (including phenoxy) is 1. The van der Waals surface area contributed by atoms with Gasteiger partial charge in [-0.05, 0) is 61.7 Å². The van der Waals surface area contributed by atoms with Gasteiger partial charge >= 0.3 is 0 Å². The summed E-state index contributed by atoms with van der Waals surface area (Å²) < 4.78 is 5.36. The molecule has 1 fully saturated rings. The van der Waals surface area contributed by atoms with E-state index in [1.54, 1.807) is 7.11 Å². The molecule has 2 aromatic rings. The second kappa shape index (κ2) is 8.56. The van der Waals surface area contributed by atoms with Crippen molar-refractivity contribution in [1.82, 2.24) is 4.90 Å². The Morgan fingerprint density at radius 2 is 2.15 bits per heavy atom. The lowest BCUT2D eigenvalue weighted by atomic mass is 9.96. The number of aryl methyl sites for hydroxylation is 1. The van der Waals surface area contributed by atoms with E-state index in [1.165, 1.54) is 5.56 Å². The zero-order valence-corrected chi connectivity index (χ0v) is 16.1. The van der Waals surface area contributed by atoms with Crippen molar-refractivity contribution in [1.29, 1.82) is 0 Å². The average molecular weight is 373 g/mol. The summed E-state index contributed by atoms with van der Waals surface area (Å²) in [6, 6.07) is 13.7. The summed E-state index contributed by atoms with van der Waals surface area (Å²) in [5.74, 6) is 0.730. The van der Waals surface area contributed by atoms with Gasteiger partial charge in [-0.2, -0.15) is 0 Å². The van der Waals surface area contributed by atoms with Crippen LogP contribution < -0.4 is 10.1 Å². The number of likely N-dealkylation sites (tertiary alicyclic amines) is 1. The molecule has 1 unspecified atom stereocenters. The molecule has 1 N–H and O–H groups in total. The van der Waals surface area contributed by atoms with Crippen LogP contribution in [0.25, 0.3) is 0 Å². The molecule has 1 heterocycles. The lowest BCUT2D eigenvalue weighted by Crippen LogP contribution is -2.40. The van der Waals surface area contributed by atoms with Gasteiger partial charge in [-0.15, -0.1) is 0 Å². The van der Waals surface area contributed by atoms with Crippen LogP contribution in [0.3, 0.4) is 0 Å². The summed E-state index contributed by atoms with van der Waals surface area (Å²) in [6.07, 6.45) is 1.93. The van der Waals surface area contributed by atoms with Gasteiger partial charge in [0, 0.05) is 18.1 Å². The first-order valence-corrected chi connectivity index (χ1v) is 9.35. The molecule has 0 aliphatic carbocycles. The normalized spacial score (nSPS) is 17.7. The Morgan fingerprint density at radius 1 is 1.31 bits per heavy atom. The maximum atomic E-state index is 12.8. The number of rotatable bonds is 5. The van der Waals surface area contributed by atoms with E-state index in [2.05, 4.69) is 16.3 Å². The first-order chi connectivity index (χ1) is 12.5. The van der Waals surface area contributed by atoms with Crippen LogP contribution in [0, 0.1) is 12.8 Å².